The molecule has 2 aromatic carbocycles. The normalized spacial score (nSPS) is 15.3. The van der Waals surface area contributed by atoms with Gasteiger partial charge < -0.3 is 21.1 Å². The average molecular weight is 403 g/mol. The van der Waals surface area contributed by atoms with Crippen LogP contribution in [0.3, 0.4) is 0 Å². The van der Waals surface area contributed by atoms with E-state index in [1.165, 1.54) is 0 Å². The minimum absolute atomic E-state index is 0.0584. The number of aliphatic hydroxyl groups excluding tert-OH is 1. The maximum atomic E-state index is 12.1. The molecule has 1 amide bonds. The highest BCUT2D eigenvalue weighted by atomic mass is 16.3. The average Bonchev–Trinajstić information content (AvgIpc) is 2.97. The van der Waals surface area contributed by atoms with Gasteiger partial charge in [-0.15, -0.1) is 0 Å². The zero-order valence-corrected chi connectivity index (χ0v) is 17.2. The number of nitrogens with one attached hydrogen (secondary N) is 3. The summed E-state index contributed by atoms with van der Waals surface area (Å²) in [6, 6.07) is 15.1. The van der Waals surface area contributed by atoms with Crippen molar-refractivity contribution in [1.29, 1.82) is 0 Å². The van der Waals surface area contributed by atoms with Gasteiger partial charge in [-0.05, 0) is 50.1 Å². The zero-order valence-electron chi connectivity index (χ0n) is 17.2. The van der Waals surface area contributed by atoms with Crippen LogP contribution in [0.5, 0.6) is 0 Å². The third-order valence-electron chi connectivity index (χ3n) is 5.29. The Labute approximate surface area is 175 Å². The van der Waals surface area contributed by atoms with Crippen molar-refractivity contribution in [3.8, 4) is 0 Å². The maximum Gasteiger partial charge on any atom is 0.252 e. The molecule has 1 aromatic heterocycles. The molecule has 7 heteroatoms. The van der Waals surface area contributed by atoms with Crippen molar-refractivity contribution in [1.82, 2.24) is 15.3 Å². The number of aliphatic hydroxyl groups is 1. The second-order valence-electron chi connectivity index (χ2n) is 7.98. The molecule has 0 fully saturated rings. The molecule has 3 aromatic rings. The number of nitrogens with zero attached hydrogens (tertiary/aromatic N) is 2. The van der Waals surface area contributed by atoms with Crippen molar-refractivity contribution < 1.29 is 9.90 Å². The molecule has 0 spiro atoms. The van der Waals surface area contributed by atoms with E-state index in [9.17, 15) is 9.90 Å². The summed E-state index contributed by atoms with van der Waals surface area (Å²) in [7, 11) is 0. The van der Waals surface area contributed by atoms with Gasteiger partial charge in [0, 0.05) is 23.0 Å². The smallest absolute Gasteiger partial charge is 0.252 e. The van der Waals surface area contributed by atoms with Gasteiger partial charge in [0.1, 0.15) is 5.82 Å². The van der Waals surface area contributed by atoms with Gasteiger partial charge in [-0.1, -0.05) is 30.3 Å². The van der Waals surface area contributed by atoms with Crippen molar-refractivity contribution in [2.75, 3.05) is 17.2 Å². The van der Waals surface area contributed by atoms with E-state index in [2.05, 4.69) is 25.9 Å². The fraction of sp³-hybridized carbons (Fsp3) is 0.261. The number of aryl methyl sites for hydroxylation is 1. The number of carbonyl (C=O) groups is 1. The van der Waals surface area contributed by atoms with Crippen molar-refractivity contribution in [2.24, 2.45) is 0 Å². The molecule has 0 unspecified atom stereocenters. The van der Waals surface area contributed by atoms with Crippen LogP contribution in [0.2, 0.25) is 0 Å². The summed E-state index contributed by atoms with van der Waals surface area (Å²) in [6.07, 6.45) is 1.74. The molecule has 7 nitrogen and oxygen atoms in total. The van der Waals surface area contributed by atoms with E-state index in [1.54, 1.807) is 6.20 Å². The summed E-state index contributed by atoms with van der Waals surface area (Å²) in [5.41, 5.74) is 3.86. The summed E-state index contributed by atoms with van der Waals surface area (Å²) in [5, 5.41) is 19.3. The highest BCUT2D eigenvalue weighted by Gasteiger charge is 2.34. The third-order valence-corrected chi connectivity index (χ3v) is 5.29. The molecule has 30 heavy (non-hydrogen) atoms. The molecular weight excluding hydrogens is 378 g/mol. The number of aromatic nitrogens is 2. The van der Waals surface area contributed by atoms with Crippen LogP contribution in [0.4, 0.5) is 17.5 Å². The van der Waals surface area contributed by atoms with Crippen LogP contribution in [0.1, 0.15) is 46.9 Å². The molecular formula is C23H25N5O2. The molecule has 0 aliphatic carbocycles. The number of rotatable bonds is 6. The number of fused-ring (bicyclic) bond motifs is 1. The minimum Gasteiger partial charge on any atom is -0.394 e. The number of anilines is 3. The van der Waals surface area contributed by atoms with Gasteiger partial charge in [-0.2, -0.15) is 4.98 Å². The first-order valence-electron chi connectivity index (χ1n) is 9.87. The van der Waals surface area contributed by atoms with Crippen molar-refractivity contribution >= 4 is 23.4 Å². The highest BCUT2D eigenvalue weighted by Crippen LogP contribution is 2.33. The predicted molar refractivity (Wildman–Crippen MR) is 117 cm³/mol. The predicted octanol–water partition coefficient (Wildman–Crippen LogP) is 3.65. The summed E-state index contributed by atoms with van der Waals surface area (Å²) in [5.74, 6) is 1.02. The molecule has 1 aliphatic heterocycles. The lowest BCUT2D eigenvalue weighted by Gasteiger charge is -2.20. The van der Waals surface area contributed by atoms with E-state index in [0.29, 0.717) is 17.3 Å². The van der Waals surface area contributed by atoms with Crippen LogP contribution in [0, 0.1) is 6.92 Å². The molecule has 154 valence electrons. The van der Waals surface area contributed by atoms with Crippen molar-refractivity contribution in [3.63, 3.8) is 0 Å². The standard InChI is InChI=1S/C23H25N5O2/c1-14-12-24-22(27-20(14)26-19(13-29)15-7-5-4-6-8-15)25-16-9-10-17-18(11-16)23(2,3)28-21(17)30/h4-12,19,29H,13H2,1-3H3,(H,28,30)(H2,24,25,26,27)/t19-/m1/s1. The second kappa shape index (κ2) is 7.76. The minimum atomic E-state index is -0.422. The molecule has 0 saturated carbocycles. The molecule has 0 radical (unpaired) electrons. The third kappa shape index (κ3) is 3.84. The second-order valence-corrected chi connectivity index (χ2v) is 7.98. The molecule has 4 rings (SSSR count). The van der Waals surface area contributed by atoms with Crippen LogP contribution in [0.15, 0.2) is 54.7 Å². The number of hydrogen-bond acceptors (Lipinski definition) is 6. The van der Waals surface area contributed by atoms with E-state index < -0.39 is 5.54 Å². The number of carbonyl (C=O) groups excluding carboxylic acids is 1. The monoisotopic (exact) mass is 403 g/mol. The largest absolute Gasteiger partial charge is 0.394 e. The Morgan fingerprint density at radius 3 is 2.67 bits per heavy atom. The van der Waals surface area contributed by atoms with Gasteiger partial charge in [0.25, 0.3) is 5.91 Å². The lowest BCUT2D eigenvalue weighted by Crippen LogP contribution is -2.32. The Balaban J connectivity index is 1.58. The topological polar surface area (TPSA) is 99.2 Å². The van der Waals surface area contributed by atoms with Gasteiger partial charge in [0.15, 0.2) is 0 Å². The number of amides is 1. The molecule has 1 atom stereocenters. The lowest BCUT2D eigenvalue weighted by atomic mass is 9.94. The first kappa shape index (κ1) is 19.8. The first-order valence-corrected chi connectivity index (χ1v) is 9.87. The van der Waals surface area contributed by atoms with Crippen molar-refractivity contribution in [3.05, 3.63) is 77.0 Å². The van der Waals surface area contributed by atoms with Crippen LogP contribution in [0.25, 0.3) is 0 Å². The van der Waals surface area contributed by atoms with Gasteiger partial charge in [0.05, 0.1) is 18.2 Å². The molecule has 2 heterocycles. The summed E-state index contributed by atoms with van der Waals surface area (Å²) < 4.78 is 0. The van der Waals surface area contributed by atoms with Gasteiger partial charge in [-0.25, -0.2) is 4.98 Å². The van der Waals surface area contributed by atoms with Gasteiger partial charge >= 0.3 is 0 Å². The number of hydrogen-bond donors (Lipinski definition) is 4. The number of benzene rings is 2. The van der Waals surface area contributed by atoms with E-state index in [-0.39, 0.29) is 18.6 Å². The maximum absolute atomic E-state index is 12.1. The summed E-state index contributed by atoms with van der Waals surface area (Å²) in [4.78, 5) is 21.1. The van der Waals surface area contributed by atoms with Crippen molar-refractivity contribution in [2.45, 2.75) is 32.4 Å². The Hall–Kier alpha value is -3.45. The first-order chi connectivity index (χ1) is 14.4. The Morgan fingerprint density at radius 1 is 1.17 bits per heavy atom. The summed E-state index contributed by atoms with van der Waals surface area (Å²) in [6.45, 7) is 5.81. The van der Waals surface area contributed by atoms with Gasteiger partial charge in [0.2, 0.25) is 5.95 Å². The lowest BCUT2D eigenvalue weighted by molar-refractivity contribution is 0.0940. The SMILES string of the molecule is Cc1cnc(Nc2ccc3c(c2)C(C)(C)NC3=O)nc1N[C@H](CO)c1ccccc1. The Morgan fingerprint density at radius 2 is 1.93 bits per heavy atom. The van der Waals surface area contributed by atoms with E-state index in [0.717, 1.165) is 22.4 Å². The van der Waals surface area contributed by atoms with E-state index in [4.69, 9.17) is 0 Å². The molecule has 4 N–H and O–H groups in total. The van der Waals surface area contributed by atoms with E-state index in [1.807, 2.05) is 69.3 Å². The molecule has 0 saturated heterocycles. The van der Waals surface area contributed by atoms with Crippen LogP contribution in [-0.4, -0.2) is 27.6 Å². The van der Waals surface area contributed by atoms with Crippen LogP contribution >= 0.6 is 0 Å². The molecule has 1 aliphatic rings. The summed E-state index contributed by atoms with van der Waals surface area (Å²) >= 11 is 0. The van der Waals surface area contributed by atoms with Gasteiger partial charge in [-0.3, -0.25) is 4.79 Å². The van der Waals surface area contributed by atoms with Crippen LogP contribution in [-0.2, 0) is 5.54 Å². The van der Waals surface area contributed by atoms with E-state index >= 15 is 0 Å². The Kier molecular flexibility index (Phi) is 5.13. The fourth-order valence-corrected chi connectivity index (χ4v) is 3.62. The molecule has 0 bridgehead atoms. The Bertz CT molecular complexity index is 1080. The fourth-order valence-electron chi connectivity index (χ4n) is 3.62. The van der Waals surface area contributed by atoms with Crippen LogP contribution < -0.4 is 16.0 Å². The zero-order chi connectivity index (χ0) is 21.3. The highest BCUT2D eigenvalue weighted by molar-refractivity contribution is 6.00. The quantitative estimate of drug-likeness (QED) is 0.501.